The Morgan fingerprint density at radius 1 is 1.00 bits per heavy atom. The van der Waals surface area contributed by atoms with Crippen LogP contribution in [-0.4, -0.2) is 11.8 Å². The minimum atomic E-state index is -0.464. The highest BCUT2D eigenvalue weighted by molar-refractivity contribution is 9.10. The molecule has 31 heavy (non-hydrogen) atoms. The molecule has 0 amide bonds. The van der Waals surface area contributed by atoms with E-state index in [1.165, 1.54) is 0 Å². The molecule has 1 heterocycles. The molecular formula is C26H21BrO4. The predicted octanol–water partition coefficient (Wildman–Crippen LogP) is 6.58. The molecule has 0 bridgehead atoms. The van der Waals surface area contributed by atoms with Crippen molar-refractivity contribution in [3.63, 3.8) is 0 Å². The minimum Gasteiger partial charge on any atom is -0.452 e. The van der Waals surface area contributed by atoms with E-state index in [-0.39, 0.29) is 17.0 Å². The van der Waals surface area contributed by atoms with Gasteiger partial charge in [0.05, 0.1) is 11.1 Å². The fraction of sp³-hybridized carbons (Fsp3) is 0.154. The molecule has 0 fully saturated rings. The largest absolute Gasteiger partial charge is 0.452 e. The quantitative estimate of drug-likeness (QED) is 0.243. The standard InChI is InChI=1S/C26H21BrO4/c1-26(2,3)18-10-8-16(9-11-18)25(29)30-19-12-13-20-22(15-19)31-23(24(20)28)14-17-6-4-5-7-21(17)27/h4-15H,1-3H3/b23-14-. The number of carbonyl (C=O) groups is 2. The van der Waals surface area contributed by atoms with Gasteiger partial charge >= 0.3 is 5.97 Å². The van der Waals surface area contributed by atoms with Crippen LogP contribution in [0.1, 0.15) is 52.6 Å². The lowest BCUT2D eigenvalue weighted by Crippen LogP contribution is -2.12. The Kier molecular flexibility index (Phi) is 5.54. The summed E-state index contributed by atoms with van der Waals surface area (Å²) in [5, 5.41) is 0. The molecule has 4 rings (SSSR count). The Bertz CT molecular complexity index is 1200. The molecule has 5 heteroatoms. The number of hydrogen-bond acceptors (Lipinski definition) is 4. The van der Waals surface area contributed by atoms with E-state index < -0.39 is 5.97 Å². The van der Waals surface area contributed by atoms with E-state index in [0.29, 0.717) is 22.6 Å². The second-order valence-electron chi connectivity index (χ2n) is 8.34. The highest BCUT2D eigenvalue weighted by Crippen LogP contribution is 2.35. The lowest BCUT2D eigenvalue weighted by molar-refractivity contribution is 0.0734. The molecule has 3 aromatic carbocycles. The van der Waals surface area contributed by atoms with Gasteiger partial charge in [-0.2, -0.15) is 0 Å². The summed E-state index contributed by atoms with van der Waals surface area (Å²) in [6, 6.07) is 19.7. The fourth-order valence-electron chi connectivity index (χ4n) is 3.24. The number of benzene rings is 3. The Morgan fingerprint density at radius 2 is 1.71 bits per heavy atom. The van der Waals surface area contributed by atoms with E-state index in [4.69, 9.17) is 9.47 Å². The summed E-state index contributed by atoms with van der Waals surface area (Å²) in [4.78, 5) is 25.2. The van der Waals surface area contributed by atoms with Crippen molar-refractivity contribution in [3.05, 3.63) is 99.2 Å². The van der Waals surface area contributed by atoms with Gasteiger partial charge in [-0.15, -0.1) is 0 Å². The van der Waals surface area contributed by atoms with E-state index in [9.17, 15) is 9.59 Å². The zero-order valence-electron chi connectivity index (χ0n) is 17.4. The third-order valence-electron chi connectivity index (χ3n) is 5.03. The average Bonchev–Trinajstić information content (AvgIpc) is 3.04. The van der Waals surface area contributed by atoms with E-state index in [2.05, 4.69) is 36.7 Å². The molecule has 0 spiro atoms. The van der Waals surface area contributed by atoms with Crippen LogP contribution in [0.5, 0.6) is 11.5 Å². The average molecular weight is 477 g/mol. The van der Waals surface area contributed by atoms with Crippen molar-refractivity contribution in [1.82, 2.24) is 0 Å². The molecule has 0 saturated heterocycles. The van der Waals surface area contributed by atoms with Crippen molar-refractivity contribution in [2.45, 2.75) is 26.2 Å². The molecule has 4 nitrogen and oxygen atoms in total. The molecule has 0 aliphatic carbocycles. The number of ether oxygens (including phenoxy) is 2. The van der Waals surface area contributed by atoms with Gasteiger partial charge in [0, 0.05) is 10.5 Å². The van der Waals surface area contributed by atoms with Crippen LogP contribution in [0.3, 0.4) is 0 Å². The van der Waals surface area contributed by atoms with Crippen LogP contribution in [0.25, 0.3) is 6.08 Å². The van der Waals surface area contributed by atoms with Gasteiger partial charge < -0.3 is 9.47 Å². The monoisotopic (exact) mass is 476 g/mol. The second kappa shape index (κ2) is 8.16. The van der Waals surface area contributed by atoms with Gasteiger partial charge in [-0.3, -0.25) is 4.79 Å². The maximum atomic E-state index is 12.7. The number of esters is 1. The predicted molar refractivity (Wildman–Crippen MR) is 124 cm³/mol. The van der Waals surface area contributed by atoms with E-state index in [0.717, 1.165) is 15.6 Å². The van der Waals surface area contributed by atoms with Gasteiger partial charge in [-0.1, -0.05) is 67.0 Å². The summed E-state index contributed by atoms with van der Waals surface area (Å²) in [5.41, 5.74) is 2.88. The zero-order chi connectivity index (χ0) is 22.2. The molecule has 1 aliphatic heterocycles. The lowest BCUT2D eigenvalue weighted by Gasteiger charge is -2.18. The normalized spacial score (nSPS) is 14.3. The lowest BCUT2D eigenvalue weighted by atomic mass is 9.87. The van der Waals surface area contributed by atoms with Crippen molar-refractivity contribution in [2.24, 2.45) is 0 Å². The van der Waals surface area contributed by atoms with E-state index >= 15 is 0 Å². The Hall–Kier alpha value is -3.18. The van der Waals surface area contributed by atoms with E-state index in [1.807, 2.05) is 36.4 Å². The number of rotatable bonds is 3. The highest BCUT2D eigenvalue weighted by Gasteiger charge is 2.28. The molecule has 0 radical (unpaired) electrons. The summed E-state index contributed by atoms with van der Waals surface area (Å²) in [7, 11) is 0. The van der Waals surface area contributed by atoms with Gasteiger partial charge in [-0.25, -0.2) is 4.79 Å². The zero-order valence-corrected chi connectivity index (χ0v) is 19.0. The molecule has 0 N–H and O–H groups in total. The summed E-state index contributed by atoms with van der Waals surface area (Å²) in [6.45, 7) is 6.35. The molecule has 1 aliphatic rings. The number of carbonyl (C=O) groups excluding carboxylic acids is 2. The van der Waals surface area contributed by atoms with Crippen LogP contribution >= 0.6 is 15.9 Å². The molecule has 3 aromatic rings. The maximum absolute atomic E-state index is 12.7. The number of fused-ring (bicyclic) bond motifs is 1. The first kappa shape index (κ1) is 21.1. The van der Waals surface area contributed by atoms with Crippen LogP contribution in [0.15, 0.2) is 77.0 Å². The molecule has 0 atom stereocenters. The smallest absolute Gasteiger partial charge is 0.343 e. The van der Waals surface area contributed by atoms with Crippen LogP contribution in [0, 0.1) is 0 Å². The van der Waals surface area contributed by atoms with Crippen LogP contribution in [0.4, 0.5) is 0 Å². The van der Waals surface area contributed by atoms with Crippen molar-refractivity contribution in [1.29, 1.82) is 0 Å². The van der Waals surface area contributed by atoms with Gasteiger partial charge in [0.15, 0.2) is 5.76 Å². The third-order valence-corrected chi connectivity index (χ3v) is 5.75. The number of ketones is 1. The Balaban J connectivity index is 1.52. The van der Waals surface area contributed by atoms with Gasteiger partial charge in [0.2, 0.25) is 5.78 Å². The third kappa shape index (κ3) is 4.47. The first-order chi connectivity index (χ1) is 14.7. The Morgan fingerprint density at radius 3 is 2.39 bits per heavy atom. The molecule has 0 saturated carbocycles. The second-order valence-corrected chi connectivity index (χ2v) is 9.19. The van der Waals surface area contributed by atoms with Gasteiger partial charge in [0.1, 0.15) is 11.5 Å². The molecular weight excluding hydrogens is 456 g/mol. The van der Waals surface area contributed by atoms with Gasteiger partial charge in [0.25, 0.3) is 0 Å². The summed E-state index contributed by atoms with van der Waals surface area (Å²) >= 11 is 3.47. The minimum absolute atomic E-state index is 0.00680. The maximum Gasteiger partial charge on any atom is 0.343 e. The van der Waals surface area contributed by atoms with Crippen LogP contribution in [0.2, 0.25) is 0 Å². The first-order valence-electron chi connectivity index (χ1n) is 9.88. The topological polar surface area (TPSA) is 52.6 Å². The van der Waals surface area contributed by atoms with Crippen molar-refractivity contribution < 1.29 is 19.1 Å². The SMILES string of the molecule is CC(C)(C)c1ccc(C(=O)Oc2ccc3c(c2)O/C(=C\c2ccccc2Br)C3=O)cc1. The summed E-state index contributed by atoms with van der Waals surface area (Å²) in [5.74, 6) is 0.244. The highest BCUT2D eigenvalue weighted by atomic mass is 79.9. The number of halogens is 1. The van der Waals surface area contributed by atoms with E-state index in [1.54, 1.807) is 36.4 Å². The first-order valence-corrected chi connectivity index (χ1v) is 10.7. The van der Waals surface area contributed by atoms with Crippen molar-refractivity contribution in [3.8, 4) is 11.5 Å². The summed E-state index contributed by atoms with van der Waals surface area (Å²) in [6.07, 6.45) is 1.69. The van der Waals surface area contributed by atoms with Crippen molar-refractivity contribution >= 4 is 33.8 Å². The van der Waals surface area contributed by atoms with Crippen molar-refractivity contribution in [2.75, 3.05) is 0 Å². The van der Waals surface area contributed by atoms with Gasteiger partial charge in [-0.05, 0) is 52.9 Å². The number of hydrogen-bond donors (Lipinski definition) is 0. The summed E-state index contributed by atoms with van der Waals surface area (Å²) < 4.78 is 12.1. The fourth-order valence-corrected chi connectivity index (χ4v) is 3.64. The Labute approximate surface area is 189 Å². The number of allylic oxidation sites excluding steroid dienone is 1. The molecule has 156 valence electrons. The molecule has 0 unspecified atom stereocenters. The number of Topliss-reactive ketones (excluding diaryl/α,β-unsaturated/α-hetero) is 1. The molecule has 0 aromatic heterocycles. The van der Waals surface area contributed by atoms with Crippen LogP contribution in [-0.2, 0) is 5.41 Å². The van der Waals surface area contributed by atoms with Crippen LogP contribution < -0.4 is 9.47 Å².